The molecule has 2 aromatic rings. The molecule has 0 saturated carbocycles. The van der Waals surface area contributed by atoms with E-state index in [4.69, 9.17) is 0 Å². The van der Waals surface area contributed by atoms with Crippen LogP contribution in [-0.4, -0.2) is 4.57 Å². The minimum Gasteiger partial charge on any atom is -0.310 e. The zero-order chi connectivity index (χ0) is 12.4. The average molecular weight is 408 g/mol. The van der Waals surface area contributed by atoms with E-state index in [0.717, 1.165) is 5.56 Å². The Morgan fingerprint density at radius 1 is 1.35 bits per heavy atom. The Labute approximate surface area is 120 Å². The van der Waals surface area contributed by atoms with E-state index in [2.05, 4.69) is 15.9 Å². The van der Waals surface area contributed by atoms with E-state index in [9.17, 15) is 9.18 Å². The summed E-state index contributed by atoms with van der Waals surface area (Å²) in [6, 6.07) is 8.17. The first-order valence-corrected chi connectivity index (χ1v) is 6.73. The van der Waals surface area contributed by atoms with Crippen LogP contribution in [0.4, 0.5) is 4.39 Å². The molecule has 0 amide bonds. The summed E-state index contributed by atoms with van der Waals surface area (Å²) >= 11 is 5.22. The molecule has 88 valence electrons. The van der Waals surface area contributed by atoms with Crippen LogP contribution in [0.1, 0.15) is 5.56 Å². The van der Waals surface area contributed by atoms with Gasteiger partial charge in [-0.2, -0.15) is 0 Å². The molecular formula is C12H8BrFINO. The van der Waals surface area contributed by atoms with Crippen LogP contribution in [0, 0.1) is 9.39 Å². The first-order chi connectivity index (χ1) is 8.06. The van der Waals surface area contributed by atoms with Crippen molar-refractivity contribution in [2.75, 3.05) is 0 Å². The highest BCUT2D eigenvalue weighted by atomic mass is 127. The lowest BCUT2D eigenvalue weighted by molar-refractivity contribution is 0.621. The number of rotatable bonds is 2. The molecule has 0 bridgehead atoms. The van der Waals surface area contributed by atoms with Crippen LogP contribution < -0.4 is 5.56 Å². The minimum absolute atomic E-state index is 0.0616. The number of nitrogens with zero attached hydrogens (tertiary/aromatic N) is 1. The molecule has 0 saturated heterocycles. The Hall–Kier alpha value is -0.690. The number of benzene rings is 1. The summed E-state index contributed by atoms with van der Waals surface area (Å²) in [5.41, 5.74) is 0.689. The van der Waals surface area contributed by atoms with E-state index in [0.29, 0.717) is 14.6 Å². The fourth-order valence-corrected chi connectivity index (χ4v) is 2.56. The largest absolute Gasteiger partial charge is 0.310 e. The molecule has 1 aromatic carbocycles. The maximum atomic E-state index is 13.2. The van der Waals surface area contributed by atoms with Gasteiger partial charge in [0, 0.05) is 10.7 Å². The van der Waals surface area contributed by atoms with E-state index < -0.39 is 0 Å². The average Bonchev–Trinajstić information content (AvgIpc) is 2.23. The SMILES string of the molecule is O=c1c(I)cccn1Cc1cc(F)cc(Br)c1. The molecule has 17 heavy (non-hydrogen) atoms. The van der Waals surface area contributed by atoms with E-state index in [1.165, 1.54) is 12.1 Å². The van der Waals surface area contributed by atoms with Gasteiger partial charge in [0.1, 0.15) is 5.82 Å². The van der Waals surface area contributed by atoms with Gasteiger partial charge in [-0.25, -0.2) is 4.39 Å². The van der Waals surface area contributed by atoms with Gasteiger partial charge in [-0.3, -0.25) is 4.79 Å². The number of pyridine rings is 1. The summed E-state index contributed by atoms with van der Waals surface area (Å²) in [5, 5.41) is 0. The molecule has 0 aliphatic carbocycles. The zero-order valence-corrected chi connectivity index (χ0v) is 12.4. The van der Waals surface area contributed by atoms with Crippen LogP contribution in [-0.2, 0) is 6.54 Å². The lowest BCUT2D eigenvalue weighted by Gasteiger charge is -2.06. The van der Waals surface area contributed by atoms with Crippen molar-refractivity contribution in [3.63, 3.8) is 0 Å². The van der Waals surface area contributed by atoms with Gasteiger partial charge in [0.15, 0.2) is 0 Å². The van der Waals surface area contributed by atoms with Gasteiger partial charge in [0.2, 0.25) is 0 Å². The van der Waals surface area contributed by atoms with Gasteiger partial charge in [-0.05, 0) is 58.5 Å². The quantitative estimate of drug-likeness (QED) is 0.699. The van der Waals surface area contributed by atoms with Crippen LogP contribution >= 0.6 is 38.5 Å². The number of hydrogen-bond donors (Lipinski definition) is 0. The van der Waals surface area contributed by atoms with E-state index in [-0.39, 0.29) is 11.4 Å². The summed E-state index contributed by atoms with van der Waals surface area (Å²) in [7, 11) is 0. The van der Waals surface area contributed by atoms with Crippen molar-refractivity contribution < 1.29 is 4.39 Å². The molecule has 5 heteroatoms. The van der Waals surface area contributed by atoms with Crippen molar-refractivity contribution in [1.29, 1.82) is 0 Å². The van der Waals surface area contributed by atoms with Crippen LogP contribution in [0.5, 0.6) is 0 Å². The van der Waals surface area contributed by atoms with Crippen molar-refractivity contribution in [2.24, 2.45) is 0 Å². The normalized spacial score (nSPS) is 10.5. The first kappa shape index (κ1) is 12.8. The topological polar surface area (TPSA) is 22.0 Å². The van der Waals surface area contributed by atoms with Gasteiger partial charge >= 0.3 is 0 Å². The summed E-state index contributed by atoms with van der Waals surface area (Å²) in [6.07, 6.45) is 1.70. The molecule has 1 heterocycles. The Bertz CT molecular complexity index is 591. The summed E-state index contributed by atoms with van der Waals surface area (Å²) in [5.74, 6) is -0.312. The van der Waals surface area contributed by atoms with E-state index in [1.807, 2.05) is 22.6 Å². The van der Waals surface area contributed by atoms with Crippen molar-refractivity contribution in [3.05, 3.63) is 66.3 Å². The number of hydrogen-bond acceptors (Lipinski definition) is 1. The summed E-state index contributed by atoms with van der Waals surface area (Å²) in [4.78, 5) is 11.8. The van der Waals surface area contributed by atoms with Gasteiger partial charge in [0.25, 0.3) is 5.56 Å². The van der Waals surface area contributed by atoms with Crippen molar-refractivity contribution in [1.82, 2.24) is 4.57 Å². The Kier molecular flexibility index (Phi) is 3.98. The van der Waals surface area contributed by atoms with Crippen LogP contribution in [0.25, 0.3) is 0 Å². The maximum absolute atomic E-state index is 13.2. The fraction of sp³-hybridized carbons (Fsp3) is 0.0833. The fourth-order valence-electron chi connectivity index (χ4n) is 1.53. The maximum Gasteiger partial charge on any atom is 0.264 e. The second kappa shape index (κ2) is 5.30. The molecule has 0 aliphatic heterocycles. The first-order valence-electron chi connectivity index (χ1n) is 4.86. The second-order valence-corrected chi connectivity index (χ2v) is 5.64. The third kappa shape index (κ3) is 3.16. The molecule has 0 N–H and O–H groups in total. The highest BCUT2D eigenvalue weighted by molar-refractivity contribution is 14.1. The molecule has 0 aliphatic rings. The minimum atomic E-state index is -0.312. The number of halogens is 3. The Morgan fingerprint density at radius 3 is 2.82 bits per heavy atom. The third-order valence-corrected chi connectivity index (χ3v) is 3.53. The second-order valence-electron chi connectivity index (χ2n) is 3.57. The zero-order valence-electron chi connectivity index (χ0n) is 8.66. The van der Waals surface area contributed by atoms with Gasteiger partial charge in [0.05, 0.1) is 10.1 Å². The molecule has 0 spiro atoms. The number of aromatic nitrogens is 1. The molecular weight excluding hydrogens is 400 g/mol. The van der Waals surface area contributed by atoms with E-state index >= 15 is 0 Å². The summed E-state index contributed by atoms with van der Waals surface area (Å²) in [6.45, 7) is 0.367. The summed E-state index contributed by atoms with van der Waals surface area (Å²) < 4.78 is 16.1. The highest BCUT2D eigenvalue weighted by Gasteiger charge is 2.03. The molecule has 2 nitrogen and oxygen atoms in total. The van der Waals surface area contributed by atoms with Crippen molar-refractivity contribution in [3.8, 4) is 0 Å². The molecule has 0 atom stereocenters. The van der Waals surface area contributed by atoms with Crippen LogP contribution in [0.3, 0.4) is 0 Å². The standard InChI is InChI=1S/C12H8BrFINO/c13-9-4-8(5-10(14)6-9)7-16-3-1-2-11(15)12(16)17/h1-6H,7H2. The lowest BCUT2D eigenvalue weighted by atomic mass is 10.2. The molecule has 0 fully saturated rings. The molecule has 2 rings (SSSR count). The van der Waals surface area contributed by atoms with Crippen LogP contribution in [0.15, 0.2) is 45.8 Å². The Morgan fingerprint density at radius 2 is 2.12 bits per heavy atom. The highest BCUT2D eigenvalue weighted by Crippen LogP contribution is 2.15. The van der Waals surface area contributed by atoms with Gasteiger partial charge in [-0.15, -0.1) is 0 Å². The van der Waals surface area contributed by atoms with E-state index in [1.54, 1.807) is 29.0 Å². The van der Waals surface area contributed by atoms with Gasteiger partial charge < -0.3 is 4.57 Å². The molecule has 1 aromatic heterocycles. The molecule has 0 unspecified atom stereocenters. The van der Waals surface area contributed by atoms with Crippen molar-refractivity contribution >= 4 is 38.5 Å². The third-order valence-electron chi connectivity index (χ3n) is 2.25. The Balaban J connectivity index is 2.38. The lowest BCUT2D eigenvalue weighted by Crippen LogP contribution is -2.21. The monoisotopic (exact) mass is 407 g/mol. The smallest absolute Gasteiger partial charge is 0.264 e. The van der Waals surface area contributed by atoms with Crippen molar-refractivity contribution in [2.45, 2.75) is 6.54 Å². The van der Waals surface area contributed by atoms with Gasteiger partial charge in [-0.1, -0.05) is 15.9 Å². The predicted molar refractivity (Wildman–Crippen MR) is 76.6 cm³/mol. The molecule has 0 radical (unpaired) electrons. The van der Waals surface area contributed by atoms with Crippen LogP contribution in [0.2, 0.25) is 0 Å². The predicted octanol–water partition coefficient (Wildman–Crippen LogP) is 3.40.